The molecule has 0 unspecified atom stereocenters. The number of aromatic nitrogens is 1. The Labute approximate surface area is 77.5 Å². The number of furan rings is 1. The topological polar surface area (TPSA) is 63.3 Å². The zero-order valence-electron chi connectivity index (χ0n) is 6.43. The average Bonchev–Trinajstić information content (AvgIpc) is 2.74. The van der Waals surface area contributed by atoms with Crippen LogP contribution in [0.4, 0.5) is 0 Å². The van der Waals surface area contributed by atoms with Gasteiger partial charge in [-0.05, 0) is 12.1 Å². The van der Waals surface area contributed by atoms with Crippen LogP contribution in [0.25, 0.3) is 10.6 Å². The van der Waals surface area contributed by atoms with Gasteiger partial charge in [-0.1, -0.05) is 0 Å². The first-order valence-corrected chi connectivity index (χ1v) is 4.37. The molecule has 2 aromatic rings. The zero-order chi connectivity index (χ0) is 9.26. The van der Waals surface area contributed by atoms with Gasteiger partial charge in [-0.25, -0.2) is 9.78 Å². The minimum atomic E-state index is -1.03. The van der Waals surface area contributed by atoms with Gasteiger partial charge in [0.1, 0.15) is 10.6 Å². The van der Waals surface area contributed by atoms with Gasteiger partial charge in [-0.3, -0.25) is 0 Å². The SMILES string of the molecule is O=C(O)c1ncsc1-c1ccco1. The molecular weight excluding hydrogens is 190 g/mol. The zero-order valence-corrected chi connectivity index (χ0v) is 7.25. The van der Waals surface area contributed by atoms with Gasteiger partial charge in [0.25, 0.3) is 0 Å². The molecule has 0 aromatic carbocycles. The van der Waals surface area contributed by atoms with Crippen LogP contribution in [0, 0.1) is 0 Å². The van der Waals surface area contributed by atoms with E-state index in [1.807, 2.05) is 0 Å². The molecule has 0 aliphatic rings. The van der Waals surface area contributed by atoms with Crippen molar-refractivity contribution in [2.45, 2.75) is 0 Å². The van der Waals surface area contributed by atoms with E-state index in [9.17, 15) is 4.79 Å². The smallest absolute Gasteiger partial charge is 0.356 e. The average molecular weight is 195 g/mol. The molecule has 0 atom stereocenters. The van der Waals surface area contributed by atoms with E-state index in [0.29, 0.717) is 10.6 Å². The number of aromatic carboxylic acids is 1. The standard InChI is InChI=1S/C8H5NO3S/c10-8(11)6-7(13-4-9-6)5-2-1-3-12-5/h1-4H,(H,10,11). The van der Waals surface area contributed by atoms with Crippen LogP contribution in [0.3, 0.4) is 0 Å². The summed E-state index contributed by atoms with van der Waals surface area (Å²) in [7, 11) is 0. The van der Waals surface area contributed by atoms with Crippen molar-refractivity contribution in [1.82, 2.24) is 4.98 Å². The fraction of sp³-hybridized carbons (Fsp3) is 0. The Hall–Kier alpha value is -1.62. The first-order valence-electron chi connectivity index (χ1n) is 3.49. The maximum atomic E-state index is 10.7. The molecular formula is C8H5NO3S. The molecule has 0 bridgehead atoms. The van der Waals surface area contributed by atoms with Crippen molar-refractivity contribution in [1.29, 1.82) is 0 Å². The Morgan fingerprint density at radius 2 is 2.46 bits per heavy atom. The lowest BCUT2D eigenvalue weighted by Gasteiger charge is -1.91. The maximum Gasteiger partial charge on any atom is 0.356 e. The number of carboxylic acids is 1. The predicted molar refractivity (Wildman–Crippen MR) is 46.8 cm³/mol. The predicted octanol–water partition coefficient (Wildman–Crippen LogP) is 2.10. The first kappa shape index (κ1) is 8.00. The van der Waals surface area contributed by atoms with Crippen molar-refractivity contribution >= 4 is 17.3 Å². The summed E-state index contributed by atoms with van der Waals surface area (Å²) in [6, 6.07) is 3.42. The third-order valence-electron chi connectivity index (χ3n) is 1.51. The summed E-state index contributed by atoms with van der Waals surface area (Å²) in [6.07, 6.45) is 1.50. The molecule has 2 heterocycles. The molecule has 0 spiro atoms. The van der Waals surface area contributed by atoms with E-state index in [0.717, 1.165) is 0 Å². The number of hydrogen-bond acceptors (Lipinski definition) is 4. The molecule has 2 aromatic heterocycles. The monoisotopic (exact) mass is 195 g/mol. The molecule has 2 rings (SSSR count). The minimum absolute atomic E-state index is 0.0416. The summed E-state index contributed by atoms with van der Waals surface area (Å²) in [5.74, 6) is -0.493. The van der Waals surface area contributed by atoms with E-state index in [-0.39, 0.29) is 5.69 Å². The molecule has 0 amide bonds. The van der Waals surface area contributed by atoms with Gasteiger partial charge in [-0.2, -0.15) is 0 Å². The van der Waals surface area contributed by atoms with E-state index >= 15 is 0 Å². The molecule has 0 aliphatic heterocycles. The second kappa shape index (κ2) is 3.02. The molecule has 0 fully saturated rings. The van der Waals surface area contributed by atoms with E-state index in [1.165, 1.54) is 23.1 Å². The van der Waals surface area contributed by atoms with Gasteiger partial charge in [0.15, 0.2) is 5.69 Å². The molecule has 66 valence electrons. The molecule has 0 radical (unpaired) electrons. The van der Waals surface area contributed by atoms with Gasteiger partial charge >= 0.3 is 5.97 Å². The number of carbonyl (C=O) groups is 1. The molecule has 1 N–H and O–H groups in total. The van der Waals surface area contributed by atoms with Crippen LogP contribution < -0.4 is 0 Å². The quantitative estimate of drug-likeness (QED) is 0.797. The second-order valence-electron chi connectivity index (χ2n) is 2.31. The molecule has 4 nitrogen and oxygen atoms in total. The Kier molecular flexibility index (Phi) is 1.86. The second-order valence-corrected chi connectivity index (χ2v) is 3.17. The lowest BCUT2D eigenvalue weighted by Crippen LogP contribution is -1.97. The largest absolute Gasteiger partial charge is 0.476 e. The summed E-state index contributed by atoms with van der Waals surface area (Å²) in [6.45, 7) is 0. The molecule has 13 heavy (non-hydrogen) atoms. The van der Waals surface area contributed by atoms with Gasteiger partial charge in [0, 0.05) is 0 Å². The highest BCUT2D eigenvalue weighted by molar-refractivity contribution is 7.13. The third-order valence-corrected chi connectivity index (χ3v) is 2.36. The number of hydrogen-bond donors (Lipinski definition) is 1. The Balaban J connectivity index is 2.52. The highest BCUT2D eigenvalue weighted by atomic mass is 32.1. The van der Waals surface area contributed by atoms with Gasteiger partial charge in [0.05, 0.1) is 11.8 Å². The van der Waals surface area contributed by atoms with Crippen LogP contribution in [0.2, 0.25) is 0 Å². The third kappa shape index (κ3) is 1.33. The summed E-state index contributed by atoms with van der Waals surface area (Å²) in [5.41, 5.74) is 1.53. The van der Waals surface area contributed by atoms with Crippen molar-refractivity contribution in [3.05, 3.63) is 29.6 Å². The molecule has 0 saturated carbocycles. The molecule has 5 heteroatoms. The van der Waals surface area contributed by atoms with Crippen LogP contribution in [-0.2, 0) is 0 Å². The summed E-state index contributed by atoms with van der Waals surface area (Å²) in [4.78, 5) is 15.0. The normalized spacial score (nSPS) is 10.2. The Morgan fingerprint density at radius 1 is 1.62 bits per heavy atom. The van der Waals surface area contributed by atoms with Gasteiger partial charge in [-0.15, -0.1) is 11.3 Å². The van der Waals surface area contributed by atoms with Crippen molar-refractivity contribution < 1.29 is 14.3 Å². The summed E-state index contributed by atoms with van der Waals surface area (Å²) >= 11 is 1.25. The molecule has 0 aliphatic carbocycles. The van der Waals surface area contributed by atoms with Crippen LogP contribution in [0.1, 0.15) is 10.5 Å². The van der Waals surface area contributed by atoms with Gasteiger partial charge in [0.2, 0.25) is 0 Å². The fourth-order valence-electron chi connectivity index (χ4n) is 0.981. The maximum absolute atomic E-state index is 10.7. The Morgan fingerprint density at radius 3 is 3.08 bits per heavy atom. The minimum Gasteiger partial charge on any atom is -0.476 e. The van der Waals surface area contributed by atoms with Crippen LogP contribution >= 0.6 is 11.3 Å². The lowest BCUT2D eigenvalue weighted by molar-refractivity contribution is 0.0692. The van der Waals surface area contributed by atoms with E-state index < -0.39 is 5.97 Å². The number of thiazole rings is 1. The first-order chi connectivity index (χ1) is 6.29. The van der Waals surface area contributed by atoms with Crippen LogP contribution in [-0.4, -0.2) is 16.1 Å². The number of carboxylic acid groups (broad SMARTS) is 1. The number of rotatable bonds is 2. The highest BCUT2D eigenvalue weighted by Crippen LogP contribution is 2.27. The van der Waals surface area contributed by atoms with Crippen molar-refractivity contribution in [2.75, 3.05) is 0 Å². The molecule has 0 saturated heterocycles. The van der Waals surface area contributed by atoms with E-state index in [2.05, 4.69) is 4.98 Å². The van der Waals surface area contributed by atoms with Crippen molar-refractivity contribution in [2.24, 2.45) is 0 Å². The van der Waals surface area contributed by atoms with Crippen LogP contribution in [0.5, 0.6) is 0 Å². The van der Waals surface area contributed by atoms with E-state index in [1.54, 1.807) is 12.1 Å². The Bertz CT molecular complexity index is 418. The van der Waals surface area contributed by atoms with Gasteiger partial charge < -0.3 is 9.52 Å². The van der Waals surface area contributed by atoms with Crippen molar-refractivity contribution in [3.63, 3.8) is 0 Å². The van der Waals surface area contributed by atoms with E-state index in [4.69, 9.17) is 9.52 Å². The number of nitrogens with zero attached hydrogens (tertiary/aromatic N) is 1. The summed E-state index contributed by atoms with van der Waals surface area (Å²) < 4.78 is 5.08. The fourth-order valence-corrected chi connectivity index (χ4v) is 1.73. The highest BCUT2D eigenvalue weighted by Gasteiger charge is 2.16. The lowest BCUT2D eigenvalue weighted by atomic mass is 10.3. The summed E-state index contributed by atoms with van der Waals surface area (Å²) in [5, 5.41) is 8.76. The van der Waals surface area contributed by atoms with Crippen LogP contribution in [0.15, 0.2) is 28.3 Å². The van der Waals surface area contributed by atoms with Crippen molar-refractivity contribution in [3.8, 4) is 10.6 Å².